The quantitative estimate of drug-likeness (QED) is 0.887. The summed E-state index contributed by atoms with van der Waals surface area (Å²) in [4.78, 5) is 26.9. The largest absolute Gasteiger partial charge is 0.497 e. The number of methoxy groups -OCH3 is 1. The second kappa shape index (κ2) is 7.00. The van der Waals surface area contributed by atoms with E-state index in [1.165, 1.54) is 4.68 Å². The molecule has 2 heterocycles. The molecule has 2 aromatic rings. The molecule has 0 spiro atoms. The van der Waals surface area contributed by atoms with Gasteiger partial charge in [-0.1, -0.05) is 0 Å². The second-order valence-electron chi connectivity index (χ2n) is 6.14. The molecule has 1 unspecified atom stereocenters. The third kappa shape index (κ3) is 3.26. The van der Waals surface area contributed by atoms with Gasteiger partial charge >= 0.3 is 0 Å². The molecule has 24 heavy (non-hydrogen) atoms. The summed E-state index contributed by atoms with van der Waals surface area (Å²) in [7, 11) is 1.55. The third-order valence-electron chi connectivity index (χ3n) is 4.55. The van der Waals surface area contributed by atoms with Crippen LogP contribution >= 0.6 is 0 Å². The number of nitrogens with two attached hydrogens (primary N) is 1. The van der Waals surface area contributed by atoms with E-state index in [1.807, 2.05) is 0 Å². The zero-order chi connectivity index (χ0) is 17.1. The minimum Gasteiger partial charge on any atom is -0.497 e. The molecule has 3 rings (SSSR count). The number of ether oxygens (including phenoxy) is 1. The third-order valence-corrected chi connectivity index (χ3v) is 4.55. The van der Waals surface area contributed by atoms with Crippen molar-refractivity contribution in [3.8, 4) is 5.75 Å². The molecular weight excluding hydrogens is 308 g/mol. The predicted molar refractivity (Wildman–Crippen MR) is 90.9 cm³/mol. The van der Waals surface area contributed by atoms with E-state index >= 15 is 0 Å². The van der Waals surface area contributed by atoms with E-state index in [1.54, 1.807) is 36.4 Å². The van der Waals surface area contributed by atoms with Crippen molar-refractivity contribution >= 4 is 16.7 Å². The molecule has 1 aliphatic rings. The van der Waals surface area contributed by atoms with Gasteiger partial charge < -0.3 is 15.4 Å². The summed E-state index contributed by atoms with van der Waals surface area (Å²) >= 11 is 0. The molecule has 0 saturated carbocycles. The molecule has 1 fully saturated rings. The number of piperidine rings is 1. The van der Waals surface area contributed by atoms with Crippen LogP contribution < -0.4 is 16.0 Å². The van der Waals surface area contributed by atoms with Crippen LogP contribution in [-0.4, -0.2) is 47.3 Å². The zero-order valence-electron chi connectivity index (χ0n) is 13.8. The van der Waals surface area contributed by atoms with E-state index in [9.17, 15) is 9.59 Å². The summed E-state index contributed by atoms with van der Waals surface area (Å²) in [6, 6.07) is 5.23. The molecule has 7 heteroatoms. The molecule has 0 aliphatic carbocycles. The average molecular weight is 330 g/mol. The number of carbonyl (C=O) groups is 1. The van der Waals surface area contributed by atoms with Crippen LogP contribution in [0.2, 0.25) is 0 Å². The van der Waals surface area contributed by atoms with Crippen molar-refractivity contribution in [1.29, 1.82) is 0 Å². The molecule has 0 bridgehead atoms. The Morgan fingerprint density at radius 3 is 3.04 bits per heavy atom. The fraction of sp³-hybridized carbons (Fsp3) is 0.471. The fourth-order valence-corrected chi connectivity index (χ4v) is 3.11. The van der Waals surface area contributed by atoms with E-state index < -0.39 is 0 Å². The summed E-state index contributed by atoms with van der Waals surface area (Å²) in [5, 5.41) is 5.35. The van der Waals surface area contributed by atoms with Gasteiger partial charge in [-0.25, -0.2) is 4.68 Å². The summed E-state index contributed by atoms with van der Waals surface area (Å²) in [6.45, 7) is 1.90. The lowest BCUT2D eigenvalue weighted by molar-refractivity contribution is -0.133. The van der Waals surface area contributed by atoms with Crippen LogP contribution in [0.5, 0.6) is 5.75 Å². The number of amides is 1. The van der Waals surface area contributed by atoms with Gasteiger partial charge in [0.05, 0.1) is 18.7 Å². The first-order chi connectivity index (χ1) is 11.6. The number of fused-ring (bicyclic) bond motifs is 1. The monoisotopic (exact) mass is 330 g/mol. The molecule has 1 amide bonds. The number of benzene rings is 1. The molecule has 1 aromatic heterocycles. The Hall–Kier alpha value is -2.41. The van der Waals surface area contributed by atoms with Gasteiger partial charge in [0.15, 0.2) is 0 Å². The van der Waals surface area contributed by atoms with Crippen LogP contribution in [0.3, 0.4) is 0 Å². The highest BCUT2D eigenvalue weighted by Crippen LogP contribution is 2.17. The van der Waals surface area contributed by atoms with Gasteiger partial charge in [-0.05, 0) is 43.5 Å². The number of nitrogens with zero attached hydrogens (tertiary/aromatic N) is 3. The SMILES string of the molecule is COc1ccc2cnn(CC(=O)N3CCCC(CN)C3)c(=O)c2c1. The maximum atomic E-state index is 12.6. The van der Waals surface area contributed by atoms with E-state index in [0.29, 0.717) is 36.7 Å². The van der Waals surface area contributed by atoms with Crippen LogP contribution in [-0.2, 0) is 11.3 Å². The van der Waals surface area contributed by atoms with E-state index in [2.05, 4.69) is 5.10 Å². The van der Waals surface area contributed by atoms with Crippen LogP contribution in [0.15, 0.2) is 29.2 Å². The van der Waals surface area contributed by atoms with E-state index in [-0.39, 0.29) is 18.0 Å². The van der Waals surface area contributed by atoms with Crippen molar-refractivity contribution in [2.75, 3.05) is 26.7 Å². The van der Waals surface area contributed by atoms with Gasteiger partial charge in [-0.3, -0.25) is 9.59 Å². The lowest BCUT2D eigenvalue weighted by Gasteiger charge is -2.32. The normalized spacial score (nSPS) is 17.9. The second-order valence-corrected chi connectivity index (χ2v) is 6.14. The van der Waals surface area contributed by atoms with Gasteiger partial charge in [-0.2, -0.15) is 5.10 Å². The van der Waals surface area contributed by atoms with Gasteiger partial charge in [0.2, 0.25) is 5.91 Å². The Balaban J connectivity index is 1.83. The molecule has 7 nitrogen and oxygen atoms in total. The van der Waals surface area contributed by atoms with Crippen molar-refractivity contribution in [2.45, 2.75) is 19.4 Å². The Morgan fingerprint density at radius 1 is 1.46 bits per heavy atom. The molecule has 1 aliphatic heterocycles. The fourth-order valence-electron chi connectivity index (χ4n) is 3.11. The minimum absolute atomic E-state index is 0.0523. The lowest BCUT2D eigenvalue weighted by atomic mass is 9.98. The predicted octanol–water partition coefficient (Wildman–Crippen LogP) is 0.602. The Bertz CT molecular complexity index is 802. The Labute approximate surface area is 140 Å². The van der Waals surface area contributed by atoms with Gasteiger partial charge in [0.1, 0.15) is 12.3 Å². The standard InChI is InChI=1S/C17H22N4O3/c1-24-14-5-4-13-9-19-21(17(23)15(13)7-14)11-16(22)20-6-2-3-12(8-18)10-20/h4-5,7,9,12H,2-3,6,8,10-11,18H2,1H3. The number of hydrogen-bond acceptors (Lipinski definition) is 5. The molecule has 2 N–H and O–H groups in total. The molecule has 0 radical (unpaired) electrons. The first-order valence-electron chi connectivity index (χ1n) is 8.14. The zero-order valence-corrected chi connectivity index (χ0v) is 13.8. The minimum atomic E-state index is -0.285. The van der Waals surface area contributed by atoms with Crippen LogP contribution in [0.25, 0.3) is 10.8 Å². The first-order valence-corrected chi connectivity index (χ1v) is 8.14. The van der Waals surface area contributed by atoms with Gasteiger partial charge in [0.25, 0.3) is 5.56 Å². The highest BCUT2D eigenvalue weighted by atomic mass is 16.5. The highest BCUT2D eigenvalue weighted by molar-refractivity contribution is 5.82. The van der Waals surface area contributed by atoms with Gasteiger partial charge in [0, 0.05) is 18.5 Å². The molecule has 1 aromatic carbocycles. The number of rotatable bonds is 4. The summed E-state index contributed by atoms with van der Waals surface area (Å²) in [5.41, 5.74) is 5.43. The molecule has 128 valence electrons. The van der Waals surface area contributed by atoms with E-state index in [4.69, 9.17) is 10.5 Å². The number of carbonyl (C=O) groups excluding carboxylic acids is 1. The number of aromatic nitrogens is 2. The summed E-state index contributed by atoms with van der Waals surface area (Å²) in [6.07, 6.45) is 3.60. The van der Waals surface area contributed by atoms with Crippen LogP contribution in [0.1, 0.15) is 12.8 Å². The first kappa shape index (κ1) is 16.4. The topological polar surface area (TPSA) is 90.5 Å². The van der Waals surface area contributed by atoms with Crippen molar-refractivity contribution < 1.29 is 9.53 Å². The average Bonchev–Trinajstić information content (AvgIpc) is 2.63. The molecular formula is C17H22N4O3. The maximum absolute atomic E-state index is 12.6. The highest BCUT2D eigenvalue weighted by Gasteiger charge is 2.23. The van der Waals surface area contributed by atoms with Crippen molar-refractivity contribution in [2.24, 2.45) is 11.7 Å². The van der Waals surface area contributed by atoms with Crippen LogP contribution in [0.4, 0.5) is 0 Å². The molecule has 1 atom stereocenters. The van der Waals surface area contributed by atoms with Crippen molar-refractivity contribution in [3.63, 3.8) is 0 Å². The number of likely N-dealkylation sites (tertiary alicyclic amines) is 1. The summed E-state index contributed by atoms with van der Waals surface area (Å²) in [5.74, 6) is 0.851. The number of hydrogen-bond donors (Lipinski definition) is 1. The van der Waals surface area contributed by atoms with Gasteiger partial charge in [-0.15, -0.1) is 0 Å². The smallest absolute Gasteiger partial charge is 0.275 e. The molecule has 1 saturated heterocycles. The maximum Gasteiger partial charge on any atom is 0.275 e. The summed E-state index contributed by atoms with van der Waals surface area (Å²) < 4.78 is 6.38. The van der Waals surface area contributed by atoms with Crippen molar-refractivity contribution in [1.82, 2.24) is 14.7 Å². The van der Waals surface area contributed by atoms with E-state index in [0.717, 1.165) is 18.2 Å². The Kier molecular flexibility index (Phi) is 4.80. The Morgan fingerprint density at radius 2 is 2.29 bits per heavy atom. The van der Waals surface area contributed by atoms with Crippen LogP contribution in [0, 0.1) is 5.92 Å². The van der Waals surface area contributed by atoms with Crippen molar-refractivity contribution in [3.05, 3.63) is 34.7 Å². The lowest BCUT2D eigenvalue weighted by Crippen LogP contribution is -2.44.